The number of rotatable bonds is 5. The molecule has 2 aromatic carbocycles. The molecule has 0 atom stereocenters. The number of carbonyl (C=O) groups is 1. The summed E-state index contributed by atoms with van der Waals surface area (Å²) in [5.74, 6) is 1.45. The van der Waals surface area contributed by atoms with Crippen LogP contribution in [-0.2, 0) is 4.74 Å². The van der Waals surface area contributed by atoms with E-state index in [1.807, 2.05) is 6.92 Å². The summed E-state index contributed by atoms with van der Waals surface area (Å²) in [7, 11) is 2.08. The average molecular weight is 437 g/mol. The van der Waals surface area contributed by atoms with Gasteiger partial charge in [-0.2, -0.15) is 0 Å². The first-order chi connectivity index (χ1) is 15.7. The Kier molecular flexibility index (Phi) is 10.1. The Morgan fingerprint density at radius 1 is 0.750 bits per heavy atom. The summed E-state index contributed by atoms with van der Waals surface area (Å²) < 4.78 is 4.91. The van der Waals surface area contributed by atoms with E-state index in [0.717, 1.165) is 37.6 Å². The van der Waals surface area contributed by atoms with Crippen molar-refractivity contribution < 1.29 is 9.53 Å². The predicted octanol–water partition coefficient (Wildman–Crippen LogP) is 6.39. The highest BCUT2D eigenvalue weighted by Gasteiger charge is 2.23. The van der Waals surface area contributed by atoms with E-state index >= 15 is 0 Å². The van der Waals surface area contributed by atoms with E-state index in [1.54, 1.807) is 0 Å². The van der Waals surface area contributed by atoms with Crippen molar-refractivity contribution >= 4 is 6.09 Å². The molecule has 32 heavy (non-hydrogen) atoms. The van der Waals surface area contributed by atoms with Crippen LogP contribution in [0.5, 0.6) is 0 Å². The van der Waals surface area contributed by atoms with Gasteiger partial charge in [-0.05, 0) is 88.3 Å². The topological polar surface area (TPSA) is 50.4 Å². The minimum absolute atomic E-state index is 0.277. The smallest absolute Gasteiger partial charge is 0.407 e. The molecular weight excluding hydrogens is 396 g/mol. The van der Waals surface area contributed by atoms with Crippen LogP contribution < -0.4 is 10.6 Å². The molecule has 2 N–H and O–H groups in total. The molecule has 4 heteroatoms. The van der Waals surface area contributed by atoms with E-state index in [1.165, 1.54) is 36.8 Å². The first-order valence-electron chi connectivity index (χ1n) is 12.4. The van der Waals surface area contributed by atoms with Crippen molar-refractivity contribution in [1.29, 1.82) is 0 Å². The fourth-order valence-electron chi connectivity index (χ4n) is 5.08. The van der Waals surface area contributed by atoms with Gasteiger partial charge in [0.15, 0.2) is 0 Å². The molecule has 0 bridgehead atoms. The molecule has 0 heterocycles. The molecule has 1 amide bonds. The molecule has 2 aliphatic rings. The van der Waals surface area contributed by atoms with Crippen LogP contribution in [0.2, 0.25) is 0 Å². The molecule has 4 rings (SSSR count). The van der Waals surface area contributed by atoms with Gasteiger partial charge >= 0.3 is 6.09 Å². The molecule has 0 saturated heterocycles. The molecule has 0 aliphatic heterocycles. The van der Waals surface area contributed by atoms with Gasteiger partial charge in [-0.3, -0.25) is 0 Å². The van der Waals surface area contributed by atoms with Crippen LogP contribution in [-0.4, -0.2) is 31.8 Å². The van der Waals surface area contributed by atoms with Crippen LogP contribution in [0, 0.1) is 0 Å². The van der Waals surface area contributed by atoms with Crippen LogP contribution in [0.15, 0.2) is 60.7 Å². The highest BCUT2D eigenvalue weighted by Crippen LogP contribution is 2.33. The molecule has 2 aromatic rings. The van der Waals surface area contributed by atoms with Gasteiger partial charge in [0, 0.05) is 12.1 Å². The number of ether oxygens (including phenoxy) is 1. The van der Waals surface area contributed by atoms with Crippen molar-refractivity contribution in [3.05, 3.63) is 71.8 Å². The van der Waals surface area contributed by atoms with E-state index in [4.69, 9.17) is 4.74 Å². The molecule has 0 unspecified atom stereocenters. The summed E-state index contributed by atoms with van der Waals surface area (Å²) in [5, 5.41) is 6.31. The van der Waals surface area contributed by atoms with Crippen molar-refractivity contribution in [2.24, 2.45) is 0 Å². The standard InChI is InChI=1S/C15H21NO2.C13H19N/c1-2-18-15(17)16-14-10-8-13(9-11-14)12-6-4-3-5-7-12;1-14-13-9-7-12(8-10-13)11-5-3-2-4-6-11/h3-7,13-14H,2,8-11H2,1H3,(H,16,17);2-6,12-14H,7-10H2,1H3. The van der Waals surface area contributed by atoms with Gasteiger partial charge in [0.05, 0.1) is 6.61 Å². The summed E-state index contributed by atoms with van der Waals surface area (Å²) >= 11 is 0. The Hall–Kier alpha value is -2.33. The zero-order valence-corrected chi connectivity index (χ0v) is 19.8. The maximum Gasteiger partial charge on any atom is 0.407 e. The number of hydrogen-bond donors (Lipinski definition) is 2. The monoisotopic (exact) mass is 436 g/mol. The SMILES string of the molecule is CCOC(=O)NC1CCC(c2ccccc2)CC1.CNC1CCC(c2ccccc2)CC1. The largest absolute Gasteiger partial charge is 0.450 e. The number of benzene rings is 2. The molecule has 4 nitrogen and oxygen atoms in total. The van der Waals surface area contributed by atoms with Crippen molar-refractivity contribution in [2.75, 3.05) is 13.7 Å². The molecule has 2 fully saturated rings. The lowest BCUT2D eigenvalue weighted by atomic mass is 9.82. The molecule has 2 saturated carbocycles. The Morgan fingerprint density at radius 2 is 1.19 bits per heavy atom. The fraction of sp³-hybridized carbons (Fsp3) is 0.536. The molecule has 174 valence electrons. The second-order valence-corrected chi connectivity index (χ2v) is 9.07. The van der Waals surface area contributed by atoms with Gasteiger partial charge in [-0.15, -0.1) is 0 Å². The highest BCUT2D eigenvalue weighted by atomic mass is 16.5. The molecular formula is C28H40N2O2. The quantitative estimate of drug-likeness (QED) is 0.571. The summed E-state index contributed by atoms with van der Waals surface area (Å²) in [6, 6.07) is 22.6. The van der Waals surface area contributed by atoms with Gasteiger partial charge in [-0.1, -0.05) is 60.7 Å². The Bertz CT molecular complexity index is 765. The third-order valence-electron chi connectivity index (χ3n) is 7.00. The number of amides is 1. The summed E-state index contributed by atoms with van der Waals surface area (Å²) in [4.78, 5) is 11.3. The summed E-state index contributed by atoms with van der Waals surface area (Å²) in [5.41, 5.74) is 2.95. The van der Waals surface area contributed by atoms with E-state index in [9.17, 15) is 4.79 Å². The third kappa shape index (κ3) is 7.67. The maximum atomic E-state index is 11.3. The van der Waals surface area contributed by atoms with Crippen molar-refractivity contribution in [2.45, 2.75) is 82.2 Å². The number of alkyl carbamates (subject to hydrolysis) is 1. The second kappa shape index (κ2) is 13.3. The van der Waals surface area contributed by atoms with Gasteiger partial charge in [0.2, 0.25) is 0 Å². The normalized spacial score (nSPS) is 25.2. The van der Waals surface area contributed by atoms with Gasteiger partial charge in [-0.25, -0.2) is 4.79 Å². The molecule has 2 aliphatic carbocycles. The molecule has 0 aromatic heterocycles. The Balaban J connectivity index is 0.000000186. The lowest BCUT2D eigenvalue weighted by Gasteiger charge is -2.29. The maximum absolute atomic E-state index is 11.3. The fourth-order valence-corrected chi connectivity index (χ4v) is 5.08. The third-order valence-corrected chi connectivity index (χ3v) is 7.00. The second-order valence-electron chi connectivity index (χ2n) is 9.07. The summed E-state index contributed by atoms with van der Waals surface area (Å²) in [6.45, 7) is 2.26. The molecule has 0 spiro atoms. The lowest BCUT2D eigenvalue weighted by molar-refractivity contribution is 0.144. The molecule has 0 radical (unpaired) electrons. The zero-order chi connectivity index (χ0) is 22.6. The highest BCUT2D eigenvalue weighted by molar-refractivity contribution is 5.67. The van der Waals surface area contributed by atoms with Crippen LogP contribution in [0.3, 0.4) is 0 Å². The van der Waals surface area contributed by atoms with Crippen LogP contribution in [0.1, 0.15) is 81.3 Å². The zero-order valence-electron chi connectivity index (χ0n) is 19.8. The minimum Gasteiger partial charge on any atom is -0.450 e. The summed E-state index contributed by atoms with van der Waals surface area (Å²) in [6.07, 6.45) is 9.43. The van der Waals surface area contributed by atoms with Crippen LogP contribution >= 0.6 is 0 Å². The number of carbonyl (C=O) groups excluding carboxylic acids is 1. The lowest BCUT2D eigenvalue weighted by Crippen LogP contribution is -2.37. The number of nitrogens with one attached hydrogen (secondary N) is 2. The Morgan fingerprint density at radius 3 is 1.59 bits per heavy atom. The first kappa shape index (κ1) is 24.3. The van der Waals surface area contributed by atoms with Crippen LogP contribution in [0.25, 0.3) is 0 Å². The first-order valence-corrected chi connectivity index (χ1v) is 12.4. The van der Waals surface area contributed by atoms with E-state index < -0.39 is 0 Å². The Labute approximate surface area is 194 Å². The average Bonchev–Trinajstić information content (AvgIpc) is 2.86. The van der Waals surface area contributed by atoms with E-state index in [0.29, 0.717) is 12.5 Å². The van der Waals surface area contributed by atoms with E-state index in [-0.39, 0.29) is 12.1 Å². The van der Waals surface area contributed by atoms with Crippen LogP contribution in [0.4, 0.5) is 4.79 Å². The van der Waals surface area contributed by atoms with Crippen molar-refractivity contribution in [3.63, 3.8) is 0 Å². The van der Waals surface area contributed by atoms with Gasteiger partial charge in [0.1, 0.15) is 0 Å². The van der Waals surface area contributed by atoms with Gasteiger partial charge in [0.25, 0.3) is 0 Å². The van der Waals surface area contributed by atoms with Gasteiger partial charge < -0.3 is 15.4 Å². The van der Waals surface area contributed by atoms with Crippen molar-refractivity contribution in [1.82, 2.24) is 10.6 Å². The minimum atomic E-state index is -0.277. The van der Waals surface area contributed by atoms with E-state index in [2.05, 4.69) is 78.3 Å². The number of hydrogen-bond acceptors (Lipinski definition) is 3. The predicted molar refractivity (Wildman–Crippen MR) is 132 cm³/mol. The van der Waals surface area contributed by atoms with Crippen molar-refractivity contribution in [3.8, 4) is 0 Å².